The summed E-state index contributed by atoms with van der Waals surface area (Å²) in [5, 5.41) is 4.34. The summed E-state index contributed by atoms with van der Waals surface area (Å²) >= 11 is 0. The molecule has 0 amide bonds. The molecule has 1 aromatic heterocycles. The van der Waals surface area contributed by atoms with Gasteiger partial charge in [0.25, 0.3) is 0 Å². The second-order valence-electron chi connectivity index (χ2n) is 5.53. The van der Waals surface area contributed by atoms with Gasteiger partial charge in [-0.25, -0.2) is 9.48 Å². The van der Waals surface area contributed by atoms with Gasteiger partial charge in [0.1, 0.15) is 5.82 Å². The minimum atomic E-state index is -0.431. The van der Waals surface area contributed by atoms with E-state index in [1.165, 1.54) is 7.11 Å². The van der Waals surface area contributed by atoms with Crippen molar-refractivity contribution in [1.82, 2.24) is 9.78 Å². The normalized spacial score (nSPS) is 13.4. The van der Waals surface area contributed by atoms with Crippen LogP contribution >= 0.6 is 0 Å². The first kappa shape index (κ1) is 14.5. The van der Waals surface area contributed by atoms with Gasteiger partial charge in [-0.05, 0) is 33.1 Å². The number of anilines is 1. The van der Waals surface area contributed by atoms with E-state index in [0.717, 1.165) is 12.0 Å². The van der Waals surface area contributed by atoms with E-state index in [9.17, 15) is 4.79 Å². The van der Waals surface area contributed by atoms with Gasteiger partial charge in [0.15, 0.2) is 5.69 Å². The van der Waals surface area contributed by atoms with Crippen molar-refractivity contribution in [2.45, 2.75) is 52.5 Å². The second kappa shape index (κ2) is 5.00. The smallest absolute Gasteiger partial charge is 0.358 e. The summed E-state index contributed by atoms with van der Waals surface area (Å²) in [5.74, 6) is 0.299. The van der Waals surface area contributed by atoms with E-state index in [0.29, 0.717) is 11.5 Å². The molecule has 1 unspecified atom stereocenters. The quantitative estimate of drug-likeness (QED) is 0.840. The van der Waals surface area contributed by atoms with E-state index in [1.54, 1.807) is 4.68 Å². The lowest BCUT2D eigenvalue weighted by Gasteiger charge is -2.21. The molecule has 2 N–H and O–H groups in total. The van der Waals surface area contributed by atoms with Gasteiger partial charge in [-0.3, -0.25) is 0 Å². The van der Waals surface area contributed by atoms with Crippen molar-refractivity contribution in [3.8, 4) is 0 Å². The van der Waals surface area contributed by atoms with E-state index in [4.69, 9.17) is 10.5 Å². The highest BCUT2D eigenvalue weighted by Crippen LogP contribution is 2.32. The highest BCUT2D eigenvalue weighted by atomic mass is 16.5. The molecule has 0 saturated heterocycles. The van der Waals surface area contributed by atoms with Crippen LogP contribution in [-0.4, -0.2) is 22.9 Å². The molecule has 0 aliphatic carbocycles. The number of nitrogens with zero attached hydrogens (tertiary/aromatic N) is 2. The Morgan fingerprint density at radius 2 is 2.06 bits per heavy atom. The number of carbonyl (C=O) groups excluding carboxylic acids is 1. The van der Waals surface area contributed by atoms with Crippen molar-refractivity contribution in [2.24, 2.45) is 0 Å². The Bertz CT molecular complexity index is 444. The molecule has 5 nitrogen and oxygen atoms in total. The summed E-state index contributed by atoms with van der Waals surface area (Å²) in [7, 11) is 1.36. The number of nitrogens with two attached hydrogens (primary N) is 1. The lowest BCUT2D eigenvalue weighted by Crippen LogP contribution is -2.25. The van der Waals surface area contributed by atoms with E-state index in [-0.39, 0.29) is 11.5 Å². The molecule has 0 bridgehead atoms. The number of rotatable bonds is 3. The molecular weight excluding hydrogens is 230 g/mol. The Balaban J connectivity index is 3.46. The van der Waals surface area contributed by atoms with Gasteiger partial charge in [-0.15, -0.1) is 0 Å². The number of esters is 1. The summed E-state index contributed by atoms with van der Waals surface area (Å²) in [6, 6.07) is 0. The number of aromatic nitrogens is 2. The van der Waals surface area contributed by atoms with Crippen LogP contribution in [0.3, 0.4) is 0 Å². The number of nitrogen functional groups attached to an aromatic ring is 1. The lowest BCUT2D eigenvalue weighted by molar-refractivity contribution is 0.0590. The molecule has 0 spiro atoms. The molecule has 1 heterocycles. The van der Waals surface area contributed by atoms with Crippen LogP contribution < -0.4 is 5.73 Å². The van der Waals surface area contributed by atoms with E-state index in [1.807, 2.05) is 27.7 Å². The fraction of sp³-hybridized carbons (Fsp3) is 0.692. The minimum Gasteiger partial charge on any atom is -0.464 e. The Morgan fingerprint density at radius 1 is 1.50 bits per heavy atom. The predicted molar refractivity (Wildman–Crippen MR) is 71.7 cm³/mol. The second-order valence-corrected chi connectivity index (χ2v) is 5.53. The van der Waals surface area contributed by atoms with Crippen LogP contribution in [0.15, 0.2) is 0 Å². The van der Waals surface area contributed by atoms with Crippen molar-refractivity contribution in [2.75, 3.05) is 12.8 Å². The maximum atomic E-state index is 11.8. The average Bonchev–Trinajstić information content (AvgIpc) is 2.64. The van der Waals surface area contributed by atoms with E-state index in [2.05, 4.69) is 12.0 Å². The highest BCUT2D eigenvalue weighted by Gasteiger charge is 2.29. The first-order valence-electron chi connectivity index (χ1n) is 6.21. The topological polar surface area (TPSA) is 70.1 Å². The summed E-state index contributed by atoms with van der Waals surface area (Å²) in [6.45, 7) is 10.1. The third-order valence-electron chi connectivity index (χ3n) is 3.08. The van der Waals surface area contributed by atoms with Crippen LogP contribution in [0.5, 0.6) is 0 Å². The van der Waals surface area contributed by atoms with Crippen molar-refractivity contribution in [1.29, 1.82) is 0 Å². The maximum absolute atomic E-state index is 11.8. The van der Waals surface area contributed by atoms with Crippen LogP contribution in [0, 0.1) is 0 Å². The number of hydrogen-bond donors (Lipinski definition) is 1. The summed E-state index contributed by atoms with van der Waals surface area (Å²) in [4.78, 5) is 11.8. The Labute approximate surface area is 108 Å². The zero-order valence-corrected chi connectivity index (χ0v) is 12.1. The molecule has 5 heteroatoms. The standard InChI is InChI=1S/C13H23N3O2/c1-7-8(2)9-10(12(17)18-6)15-16(11(9)14)13(3,4)5/h8H,7,14H2,1-6H3. The molecule has 18 heavy (non-hydrogen) atoms. The Hall–Kier alpha value is -1.52. The molecule has 0 aliphatic rings. The third-order valence-corrected chi connectivity index (χ3v) is 3.08. The zero-order valence-electron chi connectivity index (χ0n) is 12.1. The summed E-state index contributed by atoms with van der Waals surface area (Å²) in [6.07, 6.45) is 0.893. The van der Waals surface area contributed by atoms with Crippen molar-refractivity contribution in [3.63, 3.8) is 0 Å². The van der Waals surface area contributed by atoms with Crippen LogP contribution in [0.25, 0.3) is 0 Å². The zero-order chi connectivity index (χ0) is 14.1. The Kier molecular flexibility index (Phi) is 4.04. The SMILES string of the molecule is CCC(C)c1c(C(=O)OC)nn(C(C)(C)C)c1N. The van der Waals surface area contributed by atoms with E-state index < -0.39 is 5.97 Å². The van der Waals surface area contributed by atoms with Crippen molar-refractivity contribution >= 4 is 11.8 Å². The molecule has 0 radical (unpaired) electrons. The molecule has 0 saturated carbocycles. The van der Waals surface area contributed by atoms with Gasteiger partial charge in [-0.1, -0.05) is 13.8 Å². The predicted octanol–water partition coefficient (Wildman–Crippen LogP) is 2.52. The fourth-order valence-electron chi connectivity index (χ4n) is 1.89. The maximum Gasteiger partial charge on any atom is 0.358 e. The van der Waals surface area contributed by atoms with Gasteiger partial charge < -0.3 is 10.5 Å². The molecule has 102 valence electrons. The molecule has 1 atom stereocenters. The molecular formula is C13H23N3O2. The molecule has 1 aromatic rings. The average molecular weight is 253 g/mol. The fourth-order valence-corrected chi connectivity index (χ4v) is 1.89. The van der Waals surface area contributed by atoms with Crippen LogP contribution in [0.1, 0.15) is 63.0 Å². The van der Waals surface area contributed by atoms with E-state index >= 15 is 0 Å². The number of ether oxygens (including phenoxy) is 1. The van der Waals surface area contributed by atoms with Crippen molar-refractivity contribution in [3.05, 3.63) is 11.3 Å². The third kappa shape index (κ3) is 2.49. The summed E-state index contributed by atoms with van der Waals surface area (Å²) < 4.78 is 6.48. The Morgan fingerprint density at radius 3 is 2.44 bits per heavy atom. The van der Waals surface area contributed by atoms with Crippen LogP contribution in [-0.2, 0) is 10.3 Å². The molecule has 0 fully saturated rings. The minimum absolute atomic E-state index is 0.176. The molecule has 1 rings (SSSR count). The van der Waals surface area contributed by atoms with Gasteiger partial charge in [-0.2, -0.15) is 5.10 Å². The van der Waals surface area contributed by atoms with Crippen LogP contribution in [0.4, 0.5) is 5.82 Å². The number of hydrogen-bond acceptors (Lipinski definition) is 4. The first-order valence-corrected chi connectivity index (χ1v) is 6.21. The monoisotopic (exact) mass is 253 g/mol. The molecule has 0 aliphatic heterocycles. The van der Waals surface area contributed by atoms with Crippen LogP contribution in [0.2, 0.25) is 0 Å². The van der Waals surface area contributed by atoms with Gasteiger partial charge in [0.2, 0.25) is 0 Å². The van der Waals surface area contributed by atoms with Gasteiger partial charge in [0.05, 0.1) is 12.6 Å². The van der Waals surface area contributed by atoms with Gasteiger partial charge >= 0.3 is 5.97 Å². The molecule has 0 aromatic carbocycles. The van der Waals surface area contributed by atoms with Crippen molar-refractivity contribution < 1.29 is 9.53 Å². The highest BCUT2D eigenvalue weighted by molar-refractivity contribution is 5.90. The largest absolute Gasteiger partial charge is 0.464 e. The number of carbonyl (C=O) groups is 1. The van der Waals surface area contributed by atoms with Gasteiger partial charge in [0, 0.05) is 5.56 Å². The number of methoxy groups -OCH3 is 1. The lowest BCUT2D eigenvalue weighted by atomic mass is 9.98. The first-order chi connectivity index (χ1) is 8.23. The summed E-state index contributed by atoms with van der Waals surface area (Å²) in [5.41, 5.74) is 7.01.